The van der Waals surface area contributed by atoms with Crippen LogP contribution in [0.4, 0.5) is 0 Å². The first-order valence-electron chi connectivity index (χ1n) is 14.6. The molecule has 0 unspecified atom stereocenters. The van der Waals surface area contributed by atoms with Gasteiger partial charge < -0.3 is 10.0 Å². The van der Waals surface area contributed by atoms with Gasteiger partial charge in [0.05, 0.1) is 11.6 Å². The van der Waals surface area contributed by atoms with E-state index in [9.17, 15) is 14.7 Å². The fourth-order valence-corrected chi connectivity index (χ4v) is 5.60. The van der Waals surface area contributed by atoms with Gasteiger partial charge in [0.15, 0.2) is 0 Å². The number of hydrogen-bond acceptors (Lipinski definition) is 3. The van der Waals surface area contributed by atoms with Gasteiger partial charge in [-0.25, -0.2) is 0 Å². The number of hydrogen-bond donors (Lipinski definition) is 1. The van der Waals surface area contributed by atoms with Gasteiger partial charge >= 0.3 is 0 Å². The lowest BCUT2D eigenvalue weighted by molar-refractivity contribution is -0.139. The van der Waals surface area contributed by atoms with Crippen LogP contribution in [-0.4, -0.2) is 28.2 Å². The predicted octanol–water partition coefficient (Wildman–Crippen LogP) is 9.35. The first-order valence-corrected chi connectivity index (χ1v) is 15.4. The molecular weight excluding hydrogens is 538 g/mol. The van der Waals surface area contributed by atoms with Crippen LogP contribution in [0, 0.1) is 0 Å². The molecule has 1 heterocycles. The summed E-state index contributed by atoms with van der Waals surface area (Å²) in [6.07, 6.45) is 17.8. The number of likely N-dealkylation sites (tertiary alicyclic amines) is 1. The maximum atomic E-state index is 13.1. The van der Waals surface area contributed by atoms with E-state index in [1.54, 1.807) is 17.0 Å². The average Bonchev–Trinajstić information content (AvgIpc) is 3.18. The topological polar surface area (TPSA) is 57.6 Å². The first-order chi connectivity index (χ1) is 18.5. The molecule has 1 aliphatic rings. The molecule has 2 aromatic carbocycles. The van der Waals surface area contributed by atoms with Gasteiger partial charge in [0.1, 0.15) is 5.76 Å². The second kappa shape index (κ2) is 16.5. The van der Waals surface area contributed by atoms with Crippen LogP contribution >= 0.6 is 15.9 Å². The number of halogens is 1. The summed E-state index contributed by atoms with van der Waals surface area (Å²) in [6.45, 7) is 2.78. The normalized spacial score (nSPS) is 16.9. The number of unbranched alkanes of at least 4 members (excludes halogenated alkanes) is 13. The average molecular weight is 583 g/mol. The lowest BCUT2D eigenvalue weighted by atomic mass is 9.95. The summed E-state index contributed by atoms with van der Waals surface area (Å²) in [5, 5.41) is 11.1. The SMILES string of the molecule is CCCCCCCCCCCCCCCCN1C(=O)C(=O)C(=C(O)c2ccc(Br)cc2)[C@H]1c1ccccc1. The summed E-state index contributed by atoms with van der Waals surface area (Å²) in [7, 11) is 0. The minimum Gasteiger partial charge on any atom is -0.507 e. The summed E-state index contributed by atoms with van der Waals surface area (Å²) in [5.74, 6) is -1.25. The van der Waals surface area contributed by atoms with Crippen LogP contribution in [0.3, 0.4) is 0 Å². The second-order valence-electron chi connectivity index (χ2n) is 10.5. The molecule has 0 bridgehead atoms. The Balaban J connectivity index is 1.49. The number of ketones is 1. The number of carbonyl (C=O) groups is 2. The molecule has 1 atom stereocenters. The molecule has 0 aromatic heterocycles. The van der Waals surface area contributed by atoms with Crippen molar-refractivity contribution < 1.29 is 14.7 Å². The summed E-state index contributed by atoms with van der Waals surface area (Å²) < 4.78 is 0.881. The zero-order valence-electron chi connectivity index (χ0n) is 23.0. The van der Waals surface area contributed by atoms with E-state index in [2.05, 4.69) is 22.9 Å². The van der Waals surface area contributed by atoms with E-state index in [1.165, 1.54) is 70.6 Å². The molecule has 0 saturated carbocycles. The van der Waals surface area contributed by atoms with Crippen molar-refractivity contribution in [2.24, 2.45) is 0 Å². The number of rotatable bonds is 17. The highest BCUT2D eigenvalue weighted by atomic mass is 79.9. The van der Waals surface area contributed by atoms with E-state index in [1.807, 2.05) is 42.5 Å². The van der Waals surface area contributed by atoms with E-state index >= 15 is 0 Å². The van der Waals surface area contributed by atoms with E-state index in [0.29, 0.717) is 12.1 Å². The molecule has 1 fully saturated rings. The van der Waals surface area contributed by atoms with Crippen molar-refractivity contribution in [2.75, 3.05) is 6.54 Å². The smallest absolute Gasteiger partial charge is 0.295 e. The van der Waals surface area contributed by atoms with E-state index < -0.39 is 17.7 Å². The van der Waals surface area contributed by atoms with Gasteiger partial charge in [-0.2, -0.15) is 0 Å². The summed E-state index contributed by atoms with van der Waals surface area (Å²) in [4.78, 5) is 27.8. The number of aliphatic hydroxyl groups excluding tert-OH is 1. The Bertz CT molecular complexity index is 1030. The number of aliphatic hydroxyl groups is 1. The molecule has 4 nitrogen and oxygen atoms in total. The Morgan fingerprint density at radius 3 is 1.76 bits per heavy atom. The molecule has 0 spiro atoms. The third kappa shape index (κ3) is 8.83. The molecule has 3 rings (SSSR count). The maximum Gasteiger partial charge on any atom is 0.295 e. The number of nitrogens with zero attached hydrogens (tertiary/aromatic N) is 1. The minimum absolute atomic E-state index is 0.117. The van der Waals surface area contributed by atoms with Gasteiger partial charge in [-0.1, -0.05) is 149 Å². The van der Waals surface area contributed by atoms with Crippen molar-refractivity contribution in [1.82, 2.24) is 4.90 Å². The lowest BCUT2D eigenvalue weighted by Crippen LogP contribution is -2.30. The lowest BCUT2D eigenvalue weighted by Gasteiger charge is -2.25. The van der Waals surface area contributed by atoms with E-state index in [4.69, 9.17) is 0 Å². The third-order valence-corrected chi connectivity index (χ3v) is 8.05. The minimum atomic E-state index is -0.607. The fraction of sp³-hybridized carbons (Fsp3) is 0.515. The van der Waals surface area contributed by atoms with Crippen LogP contribution in [0.15, 0.2) is 64.6 Å². The predicted molar refractivity (Wildman–Crippen MR) is 160 cm³/mol. The molecule has 206 valence electrons. The molecule has 1 aliphatic heterocycles. The quantitative estimate of drug-likeness (QED) is 0.0875. The monoisotopic (exact) mass is 581 g/mol. The highest BCUT2D eigenvalue weighted by Crippen LogP contribution is 2.39. The summed E-state index contributed by atoms with van der Waals surface area (Å²) in [6, 6.07) is 16.1. The molecular formula is C33H44BrNO3. The van der Waals surface area contributed by atoms with Crippen molar-refractivity contribution >= 4 is 33.4 Å². The van der Waals surface area contributed by atoms with Crippen LogP contribution in [-0.2, 0) is 9.59 Å². The highest BCUT2D eigenvalue weighted by Gasteiger charge is 2.45. The molecule has 2 aromatic rings. The van der Waals surface area contributed by atoms with Crippen molar-refractivity contribution in [3.63, 3.8) is 0 Å². The molecule has 38 heavy (non-hydrogen) atoms. The van der Waals surface area contributed by atoms with Gasteiger partial charge in [-0.3, -0.25) is 9.59 Å². The van der Waals surface area contributed by atoms with Gasteiger partial charge in [0, 0.05) is 16.6 Å². The Labute approximate surface area is 237 Å². The van der Waals surface area contributed by atoms with E-state index in [-0.39, 0.29) is 11.3 Å². The van der Waals surface area contributed by atoms with Gasteiger partial charge in [-0.05, 0) is 24.1 Å². The summed E-state index contributed by atoms with van der Waals surface area (Å²) in [5.41, 5.74) is 1.55. The first kappa shape index (κ1) is 30.1. The zero-order valence-corrected chi connectivity index (χ0v) is 24.6. The van der Waals surface area contributed by atoms with Crippen LogP contribution in [0.25, 0.3) is 5.76 Å². The van der Waals surface area contributed by atoms with Crippen LogP contribution in [0.5, 0.6) is 0 Å². The Kier molecular flexibility index (Phi) is 13.1. The molecule has 1 saturated heterocycles. The standard InChI is InChI=1S/C33H44BrNO3/c1-2-3-4-5-6-7-8-9-10-11-12-13-14-18-25-35-30(26-19-16-15-17-20-26)29(32(37)33(35)38)31(36)27-21-23-28(34)24-22-27/h15-17,19-24,30,36H,2-14,18,25H2,1H3/t30-/m1/s1. The maximum absolute atomic E-state index is 13.1. The Hall–Kier alpha value is -2.40. The molecule has 1 N–H and O–H groups in total. The number of amides is 1. The molecule has 0 radical (unpaired) electrons. The van der Waals surface area contributed by atoms with Gasteiger partial charge in [-0.15, -0.1) is 0 Å². The summed E-state index contributed by atoms with van der Waals surface area (Å²) >= 11 is 3.40. The second-order valence-corrected chi connectivity index (χ2v) is 11.4. The number of benzene rings is 2. The van der Waals surface area contributed by atoms with Crippen molar-refractivity contribution in [2.45, 2.75) is 103 Å². The van der Waals surface area contributed by atoms with E-state index in [0.717, 1.165) is 29.3 Å². The van der Waals surface area contributed by atoms with Crippen LogP contribution in [0.1, 0.15) is 114 Å². The third-order valence-electron chi connectivity index (χ3n) is 7.53. The van der Waals surface area contributed by atoms with Gasteiger partial charge in [0.2, 0.25) is 0 Å². The highest BCUT2D eigenvalue weighted by molar-refractivity contribution is 9.10. The number of carbonyl (C=O) groups excluding carboxylic acids is 2. The number of Topliss-reactive ketones (excluding diaryl/α,β-unsaturated/α-hetero) is 1. The molecule has 5 heteroatoms. The van der Waals surface area contributed by atoms with Gasteiger partial charge in [0.25, 0.3) is 11.7 Å². The van der Waals surface area contributed by atoms with Crippen molar-refractivity contribution in [3.8, 4) is 0 Å². The van der Waals surface area contributed by atoms with Crippen LogP contribution in [0.2, 0.25) is 0 Å². The Morgan fingerprint density at radius 1 is 0.737 bits per heavy atom. The molecule has 0 aliphatic carbocycles. The fourth-order valence-electron chi connectivity index (χ4n) is 5.33. The molecule has 1 amide bonds. The van der Waals surface area contributed by atoms with Crippen molar-refractivity contribution in [3.05, 3.63) is 75.8 Å². The van der Waals surface area contributed by atoms with Crippen molar-refractivity contribution in [1.29, 1.82) is 0 Å². The Morgan fingerprint density at radius 2 is 1.24 bits per heavy atom. The van der Waals surface area contributed by atoms with Crippen LogP contribution < -0.4 is 0 Å². The largest absolute Gasteiger partial charge is 0.507 e. The zero-order chi connectivity index (χ0) is 27.2.